The summed E-state index contributed by atoms with van der Waals surface area (Å²) in [6.45, 7) is 1.83. The average Bonchev–Trinajstić information content (AvgIpc) is 2.70. The third kappa shape index (κ3) is 4.31. The molecule has 142 valence electrons. The van der Waals surface area contributed by atoms with Crippen molar-refractivity contribution < 1.29 is 19.1 Å². The van der Waals surface area contributed by atoms with Crippen LogP contribution in [0.4, 0.5) is 5.69 Å². The Hall–Kier alpha value is -3.22. The molecule has 2 N–H and O–H groups in total. The molecule has 0 saturated heterocycles. The zero-order chi connectivity index (χ0) is 19.2. The zero-order valence-electron chi connectivity index (χ0n) is 15.4. The molecule has 1 aliphatic rings. The molecule has 2 amide bonds. The maximum atomic E-state index is 12.8. The number of nitrogens with zero attached hydrogens (tertiary/aromatic N) is 1. The van der Waals surface area contributed by atoms with Crippen LogP contribution >= 0.6 is 0 Å². The summed E-state index contributed by atoms with van der Waals surface area (Å²) in [6, 6.07) is 14.2. The van der Waals surface area contributed by atoms with E-state index in [0.717, 1.165) is 12.1 Å². The van der Waals surface area contributed by atoms with E-state index in [2.05, 4.69) is 10.7 Å². The van der Waals surface area contributed by atoms with Gasteiger partial charge in [0, 0.05) is 5.69 Å². The van der Waals surface area contributed by atoms with Crippen molar-refractivity contribution in [3.63, 3.8) is 0 Å². The molecule has 7 nitrogen and oxygen atoms in total. The van der Waals surface area contributed by atoms with E-state index in [1.807, 2.05) is 19.1 Å². The second-order valence-electron chi connectivity index (χ2n) is 6.17. The fourth-order valence-electron chi connectivity index (χ4n) is 2.90. The van der Waals surface area contributed by atoms with Gasteiger partial charge in [0.2, 0.25) is 0 Å². The molecule has 3 rings (SSSR count). The maximum absolute atomic E-state index is 12.8. The van der Waals surface area contributed by atoms with Crippen LogP contribution in [0.3, 0.4) is 0 Å². The first kappa shape index (κ1) is 18.6. The highest BCUT2D eigenvalue weighted by Gasteiger charge is 2.32. The van der Waals surface area contributed by atoms with Crippen LogP contribution in [0.2, 0.25) is 0 Å². The number of fused-ring (bicyclic) bond motifs is 1. The van der Waals surface area contributed by atoms with E-state index in [1.165, 1.54) is 5.01 Å². The van der Waals surface area contributed by atoms with E-state index in [-0.39, 0.29) is 18.7 Å². The summed E-state index contributed by atoms with van der Waals surface area (Å²) in [5.74, 6) is 0.615. The Labute approximate surface area is 158 Å². The molecule has 0 aliphatic carbocycles. The van der Waals surface area contributed by atoms with Gasteiger partial charge in [0.05, 0.1) is 12.7 Å². The number of amides is 2. The number of hydrogen-bond acceptors (Lipinski definition) is 5. The van der Waals surface area contributed by atoms with Gasteiger partial charge in [-0.1, -0.05) is 25.5 Å². The molecule has 2 aromatic carbocycles. The molecule has 27 heavy (non-hydrogen) atoms. The quantitative estimate of drug-likeness (QED) is 0.785. The molecular weight excluding hydrogens is 346 g/mol. The van der Waals surface area contributed by atoms with Gasteiger partial charge in [-0.2, -0.15) is 0 Å². The molecule has 0 aromatic heterocycles. The van der Waals surface area contributed by atoms with Crippen molar-refractivity contribution in [2.45, 2.75) is 25.9 Å². The molecule has 0 bridgehead atoms. The highest BCUT2D eigenvalue weighted by atomic mass is 16.5. The van der Waals surface area contributed by atoms with Crippen LogP contribution in [-0.4, -0.2) is 36.7 Å². The SMILES string of the molecule is CCCC1Nc2ccccc2C(=O)N1NC(=O)COc1ccc(OC)cc1. The number of nitrogens with one attached hydrogen (secondary N) is 2. The van der Waals surface area contributed by atoms with Crippen LogP contribution in [0, 0.1) is 0 Å². The highest BCUT2D eigenvalue weighted by molar-refractivity contribution is 6.02. The van der Waals surface area contributed by atoms with Crippen LogP contribution in [0.15, 0.2) is 48.5 Å². The molecule has 2 aromatic rings. The van der Waals surface area contributed by atoms with E-state index >= 15 is 0 Å². The van der Waals surface area contributed by atoms with Gasteiger partial charge in [-0.3, -0.25) is 15.0 Å². The van der Waals surface area contributed by atoms with Gasteiger partial charge in [0.1, 0.15) is 17.7 Å². The minimum atomic E-state index is -0.401. The molecule has 0 saturated carbocycles. The van der Waals surface area contributed by atoms with Crippen molar-refractivity contribution >= 4 is 17.5 Å². The Balaban J connectivity index is 1.64. The third-order valence-electron chi connectivity index (χ3n) is 4.25. The third-order valence-corrected chi connectivity index (χ3v) is 4.25. The van der Waals surface area contributed by atoms with Crippen molar-refractivity contribution in [2.24, 2.45) is 0 Å². The van der Waals surface area contributed by atoms with Gasteiger partial charge in [-0.25, -0.2) is 5.01 Å². The van der Waals surface area contributed by atoms with E-state index in [0.29, 0.717) is 23.5 Å². The van der Waals surface area contributed by atoms with E-state index in [4.69, 9.17) is 9.47 Å². The molecule has 7 heteroatoms. The second-order valence-corrected chi connectivity index (χ2v) is 6.17. The summed E-state index contributed by atoms with van der Waals surface area (Å²) in [5.41, 5.74) is 3.98. The van der Waals surface area contributed by atoms with Gasteiger partial charge in [-0.05, 0) is 42.8 Å². The summed E-state index contributed by atoms with van der Waals surface area (Å²) < 4.78 is 10.6. The second kappa shape index (κ2) is 8.44. The average molecular weight is 369 g/mol. The lowest BCUT2D eigenvalue weighted by Crippen LogP contribution is -2.58. The Morgan fingerprint density at radius 1 is 1.15 bits per heavy atom. The van der Waals surface area contributed by atoms with Crippen LogP contribution in [0.5, 0.6) is 11.5 Å². The van der Waals surface area contributed by atoms with Crippen LogP contribution in [0.25, 0.3) is 0 Å². The number of hydrogen-bond donors (Lipinski definition) is 2. The Bertz CT molecular complexity index is 807. The summed E-state index contributed by atoms with van der Waals surface area (Å²) in [5, 5.41) is 4.66. The standard InChI is InChI=1S/C20H23N3O4/c1-3-6-18-21-17-8-5-4-7-16(17)20(25)23(18)22-19(24)13-27-15-11-9-14(26-2)10-12-15/h4-5,7-12,18,21H,3,6,13H2,1-2H3,(H,22,24). The number of rotatable bonds is 7. The van der Waals surface area contributed by atoms with Crippen molar-refractivity contribution in [2.75, 3.05) is 19.0 Å². The molecule has 1 heterocycles. The molecule has 0 radical (unpaired) electrons. The first-order valence-electron chi connectivity index (χ1n) is 8.88. The van der Waals surface area contributed by atoms with Crippen LogP contribution in [-0.2, 0) is 4.79 Å². The predicted molar refractivity (Wildman–Crippen MR) is 102 cm³/mol. The maximum Gasteiger partial charge on any atom is 0.276 e. The zero-order valence-corrected chi connectivity index (χ0v) is 15.4. The summed E-state index contributed by atoms with van der Waals surface area (Å²) in [4.78, 5) is 25.1. The number of methoxy groups -OCH3 is 1. The fourth-order valence-corrected chi connectivity index (χ4v) is 2.90. The highest BCUT2D eigenvalue weighted by Crippen LogP contribution is 2.25. The van der Waals surface area contributed by atoms with Crippen molar-refractivity contribution in [3.05, 3.63) is 54.1 Å². The van der Waals surface area contributed by atoms with E-state index in [9.17, 15) is 9.59 Å². The normalized spacial score (nSPS) is 15.6. The Kier molecular flexibility index (Phi) is 5.80. The molecule has 0 fully saturated rings. The lowest BCUT2D eigenvalue weighted by Gasteiger charge is -2.37. The van der Waals surface area contributed by atoms with Gasteiger partial charge in [0.25, 0.3) is 11.8 Å². The Morgan fingerprint density at radius 2 is 1.85 bits per heavy atom. The van der Waals surface area contributed by atoms with E-state index in [1.54, 1.807) is 43.5 Å². The molecule has 0 spiro atoms. The minimum Gasteiger partial charge on any atom is -0.497 e. The van der Waals surface area contributed by atoms with Gasteiger partial charge < -0.3 is 14.8 Å². The number of benzene rings is 2. The van der Waals surface area contributed by atoms with Crippen molar-refractivity contribution in [1.82, 2.24) is 10.4 Å². The molecular formula is C20H23N3O4. The van der Waals surface area contributed by atoms with Crippen LogP contribution < -0.4 is 20.2 Å². The van der Waals surface area contributed by atoms with Crippen molar-refractivity contribution in [3.8, 4) is 11.5 Å². The molecule has 1 aliphatic heterocycles. The topological polar surface area (TPSA) is 79.9 Å². The lowest BCUT2D eigenvalue weighted by atomic mass is 10.1. The number of ether oxygens (including phenoxy) is 2. The number of hydrazine groups is 1. The largest absolute Gasteiger partial charge is 0.497 e. The number of carbonyl (C=O) groups excluding carboxylic acids is 2. The Morgan fingerprint density at radius 3 is 2.56 bits per heavy atom. The van der Waals surface area contributed by atoms with Gasteiger partial charge >= 0.3 is 0 Å². The summed E-state index contributed by atoms with van der Waals surface area (Å²) >= 11 is 0. The van der Waals surface area contributed by atoms with Crippen molar-refractivity contribution in [1.29, 1.82) is 0 Å². The van der Waals surface area contributed by atoms with Crippen LogP contribution in [0.1, 0.15) is 30.1 Å². The smallest absolute Gasteiger partial charge is 0.276 e. The summed E-state index contributed by atoms with van der Waals surface area (Å²) in [7, 11) is 1.58. The lowest BCUT2D eigenvalue weighted by molar-refractivity contribution is -0.127. The first-order chi connectivity index (χ1) is 13.1. The number of carbonyl (C=O) groups is 2. The van der Waals surface area contributed by atoms with E-state index < -0.39 is 5.91 Å². The summed E-state index contributed by atoms with van der Waals surface area (Å²) in [6.07, 6.45) is 1.27. The minimum absolute atomic E-state index is 0.198. The van der Waals surface area contributed by atoms with Gasteiger partial charge in [0.15, 0.2) is 6.61 Å². The predicted octanol–water partition coefficient (Wildman–Crippen LogP) is 2.80. The first-order valence-corrected chi connectivity index (χ1v) is 8.88. The number of para-hydroxylation sites is 1. The number of anilines is 1. The van der Waals surface area contributed by atoms with Gasteiger partial charge in [-0.15, -0.1) is 0 Å². The molecule has 1 unspecified atom stereocenters. The fraction of sp³-hybridized carbons (Fsp3) is 0.300. The molecule has 1 atom stereocenters. The monoisotopic (exact) mass is 369 g/mol.